The van der Waals surface area contributed by atoms with Gasteiger partial charge in [-0.25, -0.2) is 4.39 Å². The number of amides is 1. The Labute approximate surface area is 114 Å². The van der Waals surface area contributed by atoms with Gasteiger partial charge >= 0.3 is 0 Å². The van der Waals surface area contributed by atoms with Crippen LogP contribution in [-0.2, 0) is 4.74 Å². The van der Waals surface area contributed by atoms with Crippen LogP contribution in [0.5, 0.6) is 0 Å². The molecule has 2 rings (SSSR count). The van der Waals surface area contributed by atoms with Crippen molar-refractivity contribution >= 4 is 21.8 Å². The third kappa shape index (κ3) is 3.09. The highest BCUT2D eigenvalue weighted by atomic mass is 79.9. The Hall–Kier alpha value is -0.940. The molecule has 1 aromatic rings. The van der Waals surface area contributed by atoms with Gasteiger partial charge in [-0.05, 0) is 47.0 Å². The molecule has 1 amide bonds. The maximum Gasteiger partial charge on any atom is 0.253 e. The van der Waals surface area contributed by atoms with E-state index in [0.29, 0.717) is 16.6 Å². The molecule has 1 aromatic carbocycles. The number of nitrogens with zero attached hydrogens (tertiary/aromatic N) is 1. The van der Waals surface area contributed by atoms with Gasteiger partial charge in [0.15, 0.2) is 0 Å². The molecule has 0 radical (unpaired) electrons. The van der Waals surface area contributed by atoms with E-state index in [2.05, 4.69) is 15.9 Å². The number of benzene rings is 1. The minimum Gasteiger partial charge on any atom is -0.376 e. The Kier molecular flexibility index (Phi) is 4.35. The highest BCUT2D eigenvalue weighted by molar-refractivity contribution is 9.10. The minimum absolute atomic E-state index is 0.110. The number of likely N-dealkylation sites (N-methyl/N-ethyl adjacent to an activating group) is 1. The fourth-order valence-electron chi connectivity index (χ4n) is 2.03. The lowest BCUT2D eigenvalue weighted by Gasteiger charge is -2.20. The van der Waals surface area contributed by atoms with Crippen LogP contribution in [0.15, 0.2) is 22.7 Å². The maximum absolute atomic E-state index is 13.4. The van der Waals surface area contributed by atoms with Gasteiger partial charge in [-0.3, -0.25) is 4.79 Å². The molecule has 0 N–H and O–H groups in total. The zero-order chi connectivity index (χ0) is 13.1. The molecular formula is C13H15BrFNO2. The smallest absolute Gasteiger partial charge is 0.253 e. The van der Waals surface area contributed by atoms with Crippen molar-refractivity contribution in [2.45, 2.75) is 18.9 Å². The number of halogens is 2. The first-order chi connectivity index (χ1) is 8.58. The average Bonchev–Trinajstić information content (AvgIpc) is 2.84. The second kappa shape index (κ2) is 5.80. The SMILES string of the molecule is CN(CC1CCCO1)C(=O)c1ccc(Br)c(F)c1. The molecule has 3 nitrogen and oxygen atoms in total. The van der Waals surface area contributed by atoms with Gasteiger partial charge < -0.3 is 9.64 Å². The molecule has 1 aliphatic heterocycles. The van der Waals surface area contributed by atoms with Crippen molar-refractivity contribution < 1.29 is 13.9 Å². The lowest BCUT2D eigenvalue weighted by Crippen LogP contribution is -2.34. The molecule has 0 spiro atoms. The summed E-state index contributed by atoms with van der Waals surface area (Å²) in [7, 11) is 1.71. The predicted molar refractivity (Wildman–Crippen MR) is 70.0 cm³/mol. The second-order valence-corrected chi connectivity index (χ2v) is 5.30. The van der Waals surface area contributed by atoms with Gasteiger partial charge in [-0.1, -0.05) is 0 Å². The highest BCUT2D eigenvalue weighted by Crippen LogP contribution is 2.18. The molecule has 1 saturated heterocycles. The van der Waals surface area contributed by atoms with Crippen molar-refractivity contribution in [2.24, 2.45) is 0 Å². The third-order valence-corrected chi connectivity index (χ3v) is 3.66. The van der Waals surface area contributed by atoms with Crippen LogP contribution < -0.4 is 0 Å². The molecule has 1 heterocycles. The van der Waals surface area contributed by atoms with Crippen LogP contribution in [0.3, 0.4) is 0 Å². The molecule has 98 valence electrons. The average molecular weight is 316 g/mol. The first-order valence-electron chi connectivity index (χ1n) is 5.90. The van der Waals surface area contributed by atoms with Crippen molar-refractivity contribution in [1.82, 2.24) is 4.90 Å². The van der Waals surface area contributed by atoms with E-state index in [1.165, 1.54) is 6.07 Å². The second-order valence-electron chi connectivity index (χ2n) is 4.45. The van der Waals surface area contributed by atoms with E-state index in [1.807, 2.05) is 0 Å². The Morgan fingerprint density at radius 1 is 1.61 bits per heavy atom. The van der Waals surface area contributed by atoms with Crippen LogP contribution in [0.25, 0.3) is 0 Å². The van der Waals surface area contributed by atoms with Gasteiger partial charge in [0.05, 0.1) is 10.6 Å². The number of hydrogen-bond donors (Lipinski definition) is 0. The van der Waals surface area contributed by atoms with Crippen LogP contribution in [0.2, 0.25) is 0 Å². The summed E-state index contributed by atoms with van der Waals surface area (Å²) < 4.78 is 19.2. The van der Waals surface area contributed by atoms with E-state index in [1.54, 1.807) is 24.1 Å². The molecule has 0 aromatic heterocycles. The van der Waals surface area contributed by atoms with Gasteiger partial charge in [0.1, 0.15) is 5.82 Å². The van der Waals surface area contributed by atoms with Crippen molar-refractivity contribution in [2.75, 3.05) is 20.2 Å². The van der Waals surface area contributed by atoms with Crippen LogP contribution in [-0.4, -0.2) is 37.1 Å². The number of ether oxygens (including phenoxy) is 1. The lowest BCUT2D eigenvalue weighted by atomic mass is 10.1. The monoisotopic (exact) mass is 315 g/mol. The summed E-state index contributed by atoms with van der Waals surface area (Å²) in [6, 6.07) is 4.41. The molecule has 1 fully saturated rings. The summed E-state index contributed by atoms with van der Waals surface area (Å²) in [5.74, 6) is -0.608. The van der Waals surface area contributed by atoms with Crippen LogP contribution in [0.1, 0.15) is 23.2 Å². The van der Waals surface area contributed by atoms with Crippen molar-refractivity contribution in [3.63, 3.8) is 0 Å². The first kappa shape index (κ1) is 13.5. The molecule has 0 aliphatic carbocycles. The van der Waals surface area contributed by atoms with Crippen molar-refractivity contribution in [3.05, 3.63) is 34.1 Å². The number of carbonyl (C=O) groups is 1. The summed E-state index contributed by atoms with van der Waals surface area (Å²) in [6.07, 6.45) is 2.13. The topological polar surface area (TPSA) is 29.5 Å². The maximum atomic E-state index is 13.4. The minimum atomic E-state index is -0.425. The Morgan fingerprint density at radius 3 is 3.00 bits per heavy atom. The van der Waals surface area contributed by atoms with Gasteiger partial charge in [-0.2, -0.15) is 0 Å². The van der Waals surface area contributed by atoms with Crippen LogP contribution >= 0.6 is 15.9 Å². The lowest BCUT2D eigenvalue weighted by molar-refractivity contribution is 0.0586. The van der Waals surface area contributed by atoms with Crippen molar-refractivity contribution in [3.8, 4) is 0 Å². The Balaban J connectivity index is 2.02. The normalized spacial score (nSPS) is 18.9. The molecule has 1 atom stereocenters. The summed E-state index contributed by atoms with van der Waals surface area (Å²) in [5, 5.41) is 0. The summed E-state index contributed by atoms with van der Waals surface area (Å²) >= 11 is 3.07. The first-order valence-corrected chi connectivity index (χ1v) is 6.69. The highest BCUT2D eigenvalue weighted by Gasteiger charge is 2.21. The standard InChI is InChI=1S/C13H15BrFNO2/c1-16(8-10-3-2-6-18-10)13(17)9-4-5-11(14)12(15)7-9/h4-5,7,10H,2-3,6,8H2,1H3. The number of carbonyl (C=O) groups excluding carboxylic acids is 1. The molecule has 0 saturated carbocycles. The number of hydrogen-bond acceptors (Lipinski definition) is 2. The van der Waals surface area contributed by atoms with E-state index in [4.69, 9.17) is 4.74 Å². The zero-order valence-corrected chi connectivity index (χ0v) is 11.7. The quantitative estimate of drug-likeness (QED) is 0.858. The van der Waals surface area contributed by atoms with E-state index in [9.17, 15) is 9.18 Å². The zero-order valence-electron chi connectivity index (χ0n) is 10.2. The van der Waals surface area contributed by atoms with Crippen LogP contribution in [0, 0.1) is 5.82 Å². The van der Waals surface area contributed by atoms with Crippen molar-refractivity contribution in [1.29, 1.82) is 0 Å². The molecule has 1 unspecified atom stereocenters. The van der Waals surface area contributed by atoms with E-state index < -0.39 is 5.82 Å². The Bertz CT molecular complexity index is 447. The number of rotatable bonds is 3. The molecular weight excluding hydrogens is 301 g/mol. The molecule has 18 heavy (non-hydrogen) atoms. The van der Waals surface area contributed by atoms with Gasteiger partial charge in [0.25, 0.3) is 5.91 Å². The summed E-state index contributed by atoms with van der Waals surface area (Å²) in [5.41, 5.74) is 0.358. The third-order valence-electron chi connectivity index (χ3n) is 3.01. The van der Waals surface area contributed by atoms with E-state index in [-0.39, 0.29) is 12.0 Å². The van der Waals surface area contributed by atoms with E-state index in [0.717, 1.165) is 19.4 Å². The summed E-state index contributed by atoms with van der Waals surface area (Å²) in [6.45, 7) is 1.32. The molecule has 5 heteroatoms. The fraction of sp³-hybridized carbons (Fsp3) is 0.462. The molecule has 1 aliphatic rings. The van der Waals surface area contributed by atoms with Crippen LogP contribution in [0.4, 0.5) is 4.39 Å². The Morgan fingerprint density at radius 2 is 2.39 bits per heavy atom. The largest absolute Gasteiger partial charge is 0.376 e. The van der Waals surface area contributed by atoms with E-state index >= 15 is 0 Å². The molecule has 0 bridgehead atoms. The van der Waals surface area contributed by atoms with Gasteiger partial charge in [-0.15, -0.1) is 0 Å². The predicted octanol–water partition coefficient (Wildman–Crippen LogP) is 2.84. The van der Waals surface area contributed by atoms with Gasteiger partial charge in [0, 0.05) is 25.8 Å². The summed E-state index contributed by atoms with van der Waals surface area (Å²) in [4.78, 5) is 13.7. The fourth-order valence-corrected chi connectivity index (χ4v) is 2.27. The van der Waals surface area contributed by atoms with Gasteiger partial charge in [0.2, 0.25) is 0 Å².